The van der Waals surface area contributed by atoms with Crippen molar-refractivity contribution in [3.05, 3.63) is 42.0 Å². The summed E-state index contributed by atoms with van der Waals surface area (Å²) < 4.78 is -1.45. The van der Waals surface area contributed by atoms with Gasteiger partial charge in [0.05, 0.1) is 29.2 Å². The summed E-state index contributed by atoms with van der Waals surface area (Å²) in [4.78, 5) is 44.5. The fourth-order valence-electron chi connectivity index (χ4n) is 6.78. The highest BCUT2D eigenvalue weighted by Gasteiger charge is 2.78. The van der Waals surface area contributed by atoms with E-state index < -0.39 is 39.4 Å². The summed E-state index contributed by atoms with van der Waals surface area (Å²) in [6.07, 6.45) is 3.62. The number of aliphatic hydroxyl groups excluding tert-OH is 1. The Labute approximate surface area is 217 Å². The molecule has 1 aromatic rings. The molecule has 3 aliphatic heterocycles. The number of carbonyl (C=O) groups is 3. The van der Waals surface area contributed by atoms with Crippen molar-refractivity contribution in [2.75, 3.05) is 18.1 Å². The average molecular weight is 515 g/mol. The number of thioether (sulfide) groups is 1. The number of hydrogen-bond donors (Lipinski definition) is 2. The van der Waals surface area contributed by atoms with Crippen LogP contribution in [0.15, 0.2) is 30.9 Å². The maximum absolute atomic E-state index is 14.6. The highest BCUT2D eigenvalue weighted by Crippen LogP contribution is 2.71. The molecule has 2 bridgehead atoms. The number of anilines is 1. The fourth-order valence-corrected chi connectivity index (χ4v) is 9.11. The number of rotatable bonds is 9. The van der Waals surface area contributed by atoms with Crippen LogP contribution in [0.4, 0.5) is 5.69 Å². The van der Waals surface area contributed by atoms with Crippen molar-refractivity contribution < 1.29 is 24.6 Å². The minimum Gasteiger partial charge on any atom is -0.481 e. The van der Waals surface area contributed by atoms with E-state index in [2.05, 4.69) is 6.58 Å². The van der Waals surface area contributed by atoms with Gasteiger partial charge in [-0.05, 0) is 56.7 Å². The van der Waals surface area contributed by atoms with Crippen LogP contribution in [0.5, 0.6) is 0 Å². The molecule has 0 aromatic heterocycles. The molecule has 1 spiro atoms. The Hall–Kier alpha value is -2.32. The van der Waals surface area contributed by atoms with Crippen molar-refractivity contribution in [3.63, 3.8) is 0 Å². The van der Waals surface area contributed by atoms with Crippen LogP contribution in [0, 0.1) is 31.6 Å². The molecule has 2 amide bonds. The number of hydrogen-bond acceptors (Lipinski definition) is 5. The first-order valence-electron chi connectivity index (χ1n) is 12.8. The number of fused-ring (bicyclic) bond motifs is 1. The molecule has 3 aliphatic rings. The molecule has 3 fully saturated rings. The van der Waals surface area contributed by atoms with Crippen LogP contribution in [0.3, 0.4) is 0 Å². The lowest BCUT2D eigenvalue weighted by Crippen LogP contribution is -2.58. The zero-order chi connectivity index (χ0) is 26.6. The SMILES string of the molecule is C=CCN(C(=O)C1N([C@@H](CO)[C@@H](C)CC)C(=O)[C@@H]2[C@@H](C(=O)O)[C@@]3(C)CCC12S3)c1cc(C)ccc1C. The van der Waals surface area contributed by atoms with Gasteiger partial charge in [-0.2, -0.15) is 0 Å². The first-order valence-corrected chi connectivity index (χ1v) is 13.6. The first kappa shape index (κ1) is 26.7. The Kier molecular flexibility index (Phi) is 7.07. The third-order valence-electron chi connectivity index (χ3n) is 8.79. The number of benzene rings is 1. The van der Waals surface area contributed by atoms with Gasteiger partial charge < -0.3 is 20.0 Å². The van der Waals surface area contributed by atoms with Crippen LogP contribution >= 0.6 is 11.8 Å². The van der Waals surface area contributed by atoms with Crippen molar-refractivity contribution in [2.24, 2.45) is 17.8 Å². The smallest absolute Gasteiger partial charge is 0.308 e. The molecular formula is C28H38N2O5S. The van der Waals surface area contributed by atoms with E-state index in [4.69, 9.17) is 0 Å². The predicted molar refractivity (Wildman–Crippen MR) is 142 cm³/mol. The van der Waals surface area contributed by atoms with E-state index in [1.165, 1.54) is 11.8 Å². The molecular weight excluding hydrogens is 476 g/mol. The van der Waals surface area contributed by atoms with Crippen molar-refractivity contribution in [1.82, 2.24) is 4.90 Å². The molecule has 7 atom stereocenters. The van der Waals surface area contributed by atoms with E-state index in [0.29, 0.717) is 19.3 Å². The minimum atomic E-state index is -0.987. The van der Waals surface area contributed by atoms with Gasteiger partial charge in [0.15, 0.2) is 0 Å². The van der Waals surface area contributed by atoms with Gasteiger partial charge in [-0.25, -0.2) is 0 Å². The van der Waals surface area contributed by atoms with Crippen LogP contribution in [-0.4, -0.2) is 67.6 Å². The molecule has 2 unspecified atom stereocenters. The molecule has 0 radical (unpaired) electrons. The van der Waals surface area contributed by atoms with Gasteiger partial charge in [-0.3, -0.25) is 14.4 Å². The number of carboxylic acid groups (broad SMARTS) is 1. The Morgan fingerprint density at radius 3 is 2.61 bits per heavy atom. The van der Waals surface area contributed by atoms with Crippen LogP contribution < -0.4 is 4.90 Å². The number of amides is 2. The van der Waals surface area contributed by atoms with Gasteiger partial charge in [0.2, 0.25) is 5.91 Å². The molecule has 3 heterocycles. The standard InChI is InChI=1S/C28H38N2O5S/c1-7-13-29(19-14-16(3)9-10-18(19)5)25(33)23-28-12-11-27(6,36-28)22(26(34)35)21(28)24(32)30(23)20(15-31)17(4)8-2/h7,9-10,14,17,20-23,31H,1,8,11-13,15H2,2-6H3,(H,34,35)/t17-,20-,21-,22-,23?,27+,28?/m0/s1. The quantitative estimate of drug-likeness (QED) is 0.487. The fraction of sp³-hybridized carbons (Fsp3) is 0.607. The second-order valence-corrected chi connectivity index (χ2v) is 12.9. The van der Waals surface area contributed by atoms with E-state index in [1.54, 1.807) is 15.9 Å². The summed E-state index contributed by atoms with van der Waals surface area (Å²) in [6.45, 7) is 13.7. The third-order valence-corrected chi connectivity index (χ3v) is 10.8. The molecule has 1 aromatic carbocycles. The summed E-state index contributed by atoms with van der Waals surface area (Å²) >= 11 is 1.52. The predicted octanol–water partition coefficient (Wildman–Crippen LogP) is 3.80. The molecule has 2 N–H and O–H groups in total. The van der Waals surface area contributed by atoms with Gasteiger partial charge in [0.1, 0.15) is 6.04 Å². The van der Waals surface area contributed by atoms with E-state index >= 15 is 0 Å². The largest absolute Gasteiger partial charge is 0.481 e. The maximum Gasteiger partial charge on any atom is 0.308 e. The second kappa shape index (κ2) is 9.53. The molecule has 4 rings (SSSR count). The summed E-state index contributed by atoms with van der Waals surface area (Å²) in [5, 5.41) is 20.7. The number of aliphatic carboxylic acids is 1. The second-order valence-electron chi connectivity index (χ2n) is 11.0. The maximum atomic E-state index is 14.6. The zero-order valence-electron chi connectivity index (χ0n) is 21.9. The van der Waals surface area contributed by atoms with Crippen molar-refractivity contribution in [3.8, 4) is 0 Å². The molecule has 3 saturated heterocycles. The van der Waals surface area contributed by atoms with Crippen molar-refractivity contribution >= 4 is 35.2 Å². The number of carboxylic acids is 1. The molecule has 7 nitrogen and oxygen atoms in total. The number of nitrogens with zero attached hydrogens (tertiary/aromatic N) is 2. The third kappa shape index (κ3) is 3.79. The summed E-state index contributed by atoms with van der Waals surface area (Å²) in [5.74, 6) is -3.25. The molecule has 0 aliphatic carbocycles. The topological polar surface area (TPSA) is 98.2 Å². The van der Waals surface area contributed by atoms with Crippen LogP contribution in [-0.2, 0) is 14.4 Å². The average Bonchev–Trinajstić information content (AvgIpc) is 3.40. The lowest BCUT2D eigenvalue weighted by molar-refractivity contribution is -0.151. The molecule has 0 saturated carbocycles. The summed E-state index contributed by atoms with van der Waals surface area (Å²) in [6, 6.07) is 4.50. The summed E-state index contributed by atoms with van der Waals surface area (Å²) in [7, 11) is 0. The molecule has 196 valence electrons. The van der Waals surface area contributed by atoms with Gasteiger partial charge >= 0.3 is 5.97 Å². The van der Waals surface area contributed by atoms with Crippen molar-refractivity contribution in [1.29, 1.82) is 0 Å². The first-order chi connectivity index (χ1) is 17.0. The minimum absolute atomic E-state index is 0.0564. The Bertz CT molecular complexity index is 1090. The van der Waals surface area contributed by atoms with Gasteiger partial charge in [0.25, 0.3) is 5.91 Å². The van der Waals surface area contributed by atoms with Gasteiger partial charge in [-0.15, -0.1) is 18.3 Å². The Morgan fingerprint density at radius 2 is 2.03 bits per heavy atom. The number of aryl methyl sites for hydroxylation is 2. The Morgan fingerprint density at radius 1 is 1.33 bits per heavy atom. The van der Waals surface area contributed by atoms with Crippen LogP contribution in [0.25, 0.3) is 0 Å². The van der Waals surface area contributed by atoms with E-state index in [-0.39, 0.29) is 30.9 Å². The van der Waals surface area contributed by atoms with Crippen LogP contribution in [0.2, 0.25) is 0 Å². The lowest BCUT2D eigenvalue weighted by atomic mass is 9.66. The van der Waals surface area contributed by atoms with E-state index in [1.807, 2.05) is 52.8 Å². The Balaban J connectivity index is 1.90. The highest BCUT2D eigenvalue weighted by molar-refractivity contribution is 8.02. The summed E-state index contributed by atoms with van der Waals surface area (Å²) in [5.41, 5.74) is 2.70. The van der Waals surface area contributed by atoms with E-state index in [0.717, 1.165) is 16.8 Å². The van der Waals surface area contributed by atoms with Gasteiger partial charge in [-0.1, -0.05) is 38.5 Å². The number of carbonyl (C=O) groups excluding carboxylic acids is 2. The molecule has 8 heteroatoms. The normalized spacial score (nSPS) is 32.3. The zero-order valence-corrected chi connectivity index (χ0v) is 22.7. The number of likely N-dealkylation sites (tertiary alicyclic amines) is 1. The van der Waals surface area contributed by atoms with E-state index in [9.17, 15) is 24.6 Å². The highest BCUT2D eigenvalue weighted by atomic mass is 32.2. The van der Waals surface area contributed by atoms with Crippen molar-refractivity contribution in [2.45, 2.75) is 75.5 Å². The number of aliphatic hydroxyl groups is 1. The van der Waals surface area contributed by atoms with Gasteiger partial charge in [0, 0.05) is 17.0 Å². The lowest BCUT2D eigenvalue weighted by Gasteiger charge is -2.41. The molecule has 36 heavy (non-hydrogen) atoms. The monoisotopic (exact) mass is 514 g/mol. The van der Waals surface area contributed by atoms with Crippen LogP contribution in [0.1, 0.15) is 51.2 Å².